The number of fused-ring (bicyclic) bond motifs is 1. The van der Waals surface area contributed by atoms with Crippen molar-refractivity contribution >= 4 is 23.8 Å². The van der Waals surface area contributed by atoms with Crippen molar-refractivity contribution in [3.63, 3.8) is 0 Å². The van der Waals surface area contributed by atoms with Gasteiger partial charge in [0.2, 0.25) is 5.75 Å². The summed E-state index contributed by atoms with van der Waals surface area (Å²) in [6, 6.07) is -0.125. The van der Waals surface area contributed by atoms with Gasteiger partial charge in [0.1, 0.15) is 24.1 Å². The van der Waals surface area contributed by atoms with Crippen LogP contribution in [0.15, 0.2) is 6.33 Å². The van der Waals surface area contributed by atoms with Gasteiger partial charge < -0.3 is 24.0 Å². The van der Waals surface area contributed by atoms with Gasteiger partial charge in [-0.25, -0.2) is 19.6 Å². The first kappa shape index (κ1) is 24.3. The van der Waals surface area contributed by atoms with E-state index in [4.69, 9.17) is 14.2 Å². The van der Waals surface area contributed by atoms with E-state index >= 15 is 0 Å². The second-order valence-electron chi connectivity index (χ2n) is 11.4. The molecule has 1 aromatic rings. The summed E-state index contributed by atoms with van der Waals surface area (Å²) in [4.78, 5) is 40.1. The second kappa shape index (κ2) is 8.78. The van der Waals surface area contributed by atoms with Crippen LogP contribution in [0, 0.1) is 5.92 Å². The lowest BCUT2D eigenvalue weighted by atomic mass is 10.1. The molecule has 1 saturated carbocycles. The van der Waals surface area contributed by atoms with Crippen LogP contribution in [0.25, 0.3) is 0 Å². The van der Waals surface area contributed by atoms with Gasteiger partial charge in [-0.3, -0.25) is 4.90 Å². The highest BCUT2D eigenvalue weighted by molar-refractivity contribution is 5.91. The molecule has 0 unspecified atom stereocenters. The molecule has 0 bridgehead atoms. The van der Waals surface area contributed by atoms with Crippen molar-refractivity contribution in [2.24, 2.45) is 5.92 Å². The molecule has 4 rings (SSSR count). The van der Waals surface area contributed by atoms with Crippen LogP contribution in [-0.4, -0.2) is 77.1 Å². The second-order valence-corrected chi connectivity index (χ2v) is 11.4. The Bertz CT molecular complexity index is 937. The maximum absolute atomic E-state index is 13.2. The van der Waals surface area contributed by atoms with E-state index < -0.39 is 17.3 Å². The Kier molecular flexibility index (Phi) is 6.29. The Balaban J connectivity index is 1.55. The van der Waals surface area contributed by atoms with E-state index in [9.17, 15) is 9.59 Å². The molecule has 0 spiro atoms. The Morgan fingerprint density at radius 1 is 1.03 bits per heavy atom. The molecule has 3 aliphatic rings. The topological polar surface area (TPSA) is 97.3 Å². The fourth-order valence-electron chi connectivity index (χ4n) is 4.38. The third-order valence-corrected chi connectivity index (χ3v) is 6.17. The Hall–Kier alpha value is -2.78. The minimum absolute atomic E-state index is 0.0229. The number of anilines is 2. The maximum Gasteiger partial charge on any atom is 0.416 e. The zero-order valence-corrected chi connectivity index (χ0v) is 21.3. The normalized spacial score (nSPS) is 22.7. The quantitative estimate of drug-likeness (QED) is 0.651. The van der Waals surface area contributed by atoms with Crippen LogP contribution < -0.4 is 14.5 Å². The van der Waals surface area contributed by atoms with Crippen LogP contribution in [0.4, 0.5) is 21.2 Å². The molecular weight excluding hydrogens is 438 g/mol. The van der Waals surface area contributed by atoms with Crippen molar-refractivity contribution in [3.8, 4) is 5.75 Å². The van der Waals surface area contributed by atoms with Crippen LogP contribution in [0.5, 0.6) is 5.75 Å². The molecule has 0 N–H and O–H groups in total. The number of nitrogens with zero attached hydrogens (tertiary/aromatic N) is 5. The predicted molar refractivity (Wildman–Crippen MR) is 127 cm³/mol. The average molecular weight is 476 g/mol. The number of hydrogen-bond acceptors (Lipinski definition) is 8. The first-order valence-electron chi connectivity index (χ1n) is 12.0. The Morgan fingerprint density at radius 2 is 1.68 bits per heavy atom. The minimum atomic E-state index is -0.617. The molecule has 3 heterocycles. The van der Waals surface area contributed by atoms with E-state index in [1.165, 1.54) is 6.33 Å². The van der Waals surface area contributed by atoms with Gasteiger partial charge >= 0.3 is 12.2 Å². The first-order chi connectivity index (χ1) is 15.8. The number of carbonyl (C=O) groups excluding carboxylic acids is 2. The van der Waals surface area contributed by atoms with Gasteiger partial charge in [0.15, 0.2) is 11.6 Å². The van der Waals surface area contributed by atoms with Crippen molar-refractivity contribution in [1.29, 1.82) is 0 Å². The van der Waals surface area contributed by atoms with Crippen LogP contribution >= 0.6 is 0 Å². The third-order valence-electron chi connectivity index (χ3n) is 6.17. The number of rotatable bonds is 3. The molecule has 188 valence electrons. The largest absolute Gasteiger partial charge is 0.484 e. The lowest BCUT2D eigenvalue weighted by Crippen LogP contribution is -2.50. The molecule has 1 aliphatic carbocycles. The zero-order chi connectivity index (χ0) is 24.8. The van der Waals surface area contributed by atoms with Crippen molar-refractivity contribution in [1.82, 2.24) is 14.9 Å². The molecule has 0 aromatic carbocycles. The Labute approximate surface area is 201 Å². The van der Waals surface area contributed by atoms with E-state index in [1.54, 1.807) is 16.8 Å². The lowest BCUT2D eigenvalue weighted by molar-refractivity contribution is 0.0237. The highest BCUT2D eigenvalue weighted by Crippen LogP contribution is 2.45. The molecule has 10 nitrogen and oxygen atoms in total. The number of ether oxygens (including phenoxy) is 3. The SMILES string of the molecule is CN(C(=O)OC(C)(C)C)[C@@H]1CCN(c2ncnc3c2OC[C@@H](C2CC2)N3C(=O)OC(C)(C)C)C1. The van der Waals surface area contributed by atoms with Crippen molar-refractivity contribution in [3.05, 3.63) is 6.33 Å². The van der Waals surface area contributed by atoms with Crippen LogP contribution in [0.3, 0.4) is 0 Å². The summed E-state index contributed by atoms with van der Waals surface area (Å²) in [6.45, 7) is 12.8. The molecule has 2 fully saturated rings. The lowest BCUT2D eigenvalue weighted by Gasteiger charge is -2.38. The number of aromatic nitrogens is 2. The zero-order valence-electron chi connectivity index (χ0n) is 21.3. The highest BCUT2D eigenvalue weighted by Gasteiger charge is 2.46. The van der Waals surface area contributed by atoms with Gasteiger partial charge in [0, 0.05) is 20.1 Å². The maximum atomic E-state index is 13.2. The molecule has 1 aromatic heterocycles. The monoisotopic (exact) mass is 475 g/mol. The molecule has 10 heteroatoms. The van der Waals surface area contributed by atoms with E-state index in [0.29, 0.717) is 43.0 Å². The summed E-state index contributed by atoms with van der Waals surface area (Å²) in [5.74, 6) is 1.96. The van der Waals surface area contributed by atoms with E-state index in [2.05, 4.69) is 14.9 Å². The molecule has 2 amide bonds. The van der Waals surface area contributed by atoms with Crippen molar-refractivity contribution in [2.45, 2.75) is 84.1 Å². The van der Waals surface area contributed by atoms with Crippen molar-refractivity contribution < 1.29 is 23.8 Å². The highest BCUT2D eigenvalue weighted by atomic mass is 16.6. The van der Waals surface area contributed by atoms with Crippen LogP contribution in [0.2, 0.25) is 0 Å². The Morgan fingerprint density at radius 3 is 2.29 bits per heavy atom. The molecular formula is C24H37N5O5. The van der Waals surface area contributed by atoms with E-state index in [-0.39, 0.29) is 18.2 Å². The molecule has 2 aliphatic heterocycles. The summed E-state index contributed by atoms with van der Waals surface area (Å²) in [5.41, 5.74) is -1.17. The fourth-order valence-corrected chi connectivity index (χ4v) is 4.38. The van der Waals surface area contributed by atoms with Gasteiger partial charge in [-0.1, -0.05) is 0 Å². The summed E-state index contributed by atoms with van der Waals surface area (Å²) >= 11 is 0. The van der Waals surface area contributed by atoms with Gasteiger partial charge in [0.05, 0.1) is 12.1 Å². The summed E-state index contributed by atoms with van der Waals surface area (Å²) in [7, 11) is 1.76. The van der Waals surface area contributed by atoms with Crippen molar-refractivity contribution in [2.75, 3.05) is 36.5 Å². The minimum Gasteiger partial charge on any atom is -0.484 e. The average Bonchev–Trinajstić information content (AvgIpc) is 3.45. The van der Waals surface area contributed by atoms with Gasteiger partial charge in [-0.2, -0.15) is 0 Å². The molecule has 2 atom stereocenters. The third kappa shape index (κ3) is 5.31. The number of carbonyl (C=O) groups is 2. The predicted octanol–water partition coefficient (Wildman–Crippen LogP) is 3.83. The smallest absolute Gasteiger partial charge is 0.416 e. The standard InChI is InChI=1S/C24H37N5O5/c1-23(2,3)33-21(30)27(7)16-10-11-28(12-16)19-18-20(26-14-25-19)29(22(31)34-24(4,5)6)17(13-32-18)15-8-9-15/h14-17H,8-13H2,1-7H3/t16-,17+/m1/s1. The van der Waals surface area contributed by atoms with E-state index in [0.717, 1.165) is 19.3 Å². The summed E-state index contributed by atoms with van der Waals surface area (Å²) < 4.78 is 17.4. The number of amides is 2. The number of likely N-dealkylation sites (N-methyl/N-ethyl adjacent to an activating group) is 1. The van der Waals surface area contributed by atoms with Gasteiger partial charge in [-0.05, 0) is 66.7 Å². The molecule has 34 heavy (non-hydrogen) atoms. The fraction of sp³-hybridized carbons (Fsp3) is 0.750. The molecule has 0 radical (unpaired) electrons. The first-order valence-corrected chi connectivity index (χ1v) is 12.0. The van der Waals surface area contributed by atoms with Gasteiger partial charge in [-0.15, -0.1) is 0 Å². The summed E-state index contributed by atoms with van der Waals surface area (Å²) in [6.07, 6.45) is 3.60. The molecule has 1 saturated heterocycles. The van der Waals surface area contributed by atoms with Crippen LogP contribution in [-0.2, 0) is 9.47 Å². The van der Waals surface area contributed by atoms with Crippen LogP contribution in [0.1, 0.15) is 60.8 Å². The van der Waals surface area contributed by atoms with E-state index in [1.807, 2.05) is 41.5 Å². The summed E-state index contributed by atoms with van der Waals surface area (Å²) in [5, 5.41) is 0. The number of hydrogen-bond donors (Lipinski definition) is 0. The van der Waals surface area contributed by atoms with Gasteiger partial charge in [0.25, 0.3) is 0 Å².